The minimum absolute atomic E-state index is 0.0679. The molecule has 1 aliphatic rings. The number of carbonyl (C=O) groups is 1. The van der Waals surface area contributed by atoms with Crippen LogP contribution in [0.5, 0.6) is 0 Å². The monoisotopic (exact) mass is 308 g/mol. The zero-order chi connectivity index (χ0) is 16.1. The average Bonchev–Trinajstić information content (AvgIpc) is 2.57. The van der Waals surface area contributed by atoms with Crippen LogP contribution in [0.25, 0.3) is 0 Å². The quantitative estimate of drug-likeness (QED) is 0.835. The first kappa shape index (κ1) is 15.6. The maximum atomic E-state index is 12.2. The summed E-state index contributed by atoms with van der Waals surface area (Å²) in [6, 6.07) is 16.2. The third kappa shape index (κ3) is 4.35. The number of aryl methyl sites for hydroxylation is 1. The van der Waals surface area contributed by atoms with Gasteiger partial charge in [-0.05, 0) is 56.2 Å². The molecular weight excluding hydrogens is 284 g/mol. The highest BCUT2D eigenvalue weighted by Crippen LogP contribution is 2.22. The summed E-state index contributed by atoms with van der Waals surface area (Å²) in [4.78, 5) is 12.2. The molecule has 1 saturated carbocycles. The van der Waals surface area contributed by atoms with E-state index in [1.165, 1.54) is 32.1 Å². The molecule has 2 aromatic rings. The van der Waals surface area contributed by atoms with Crippen molar-refractivity contribution < 1.29 is 4.79 Å². The second-order valence-corrected chi connectivity index (χ2v) is 6.38. The third-order valence-corrected chi connectivity index (χ3v) is 4.40. The number of hydrogen-bond acceptors (Lipinski definition) is 2. The van der Waals surface area contributed by atoms with Crippen molar-refractivity contribution in [1.82, 2.24) is 0 Å². The lowest BCUT2D eigenvalue weighted by Crippen LogP contribution is -2.22. The molecule has 3 rings (SSSR count). The molecule has 1 aliphatic carbocycles. The molecule has 3 heteroatoms. The number of carbonyl (C=O) groups excluding carboxylic acids is 1. The second kappa shape index (κ2) is 7.32. The van der Waals surface area contributed by atoms with Crippen molar-refractivity contribution in [3.63, 3.8) is 0 Å². The van der Waals surface area contributed by atoms with Gasteiger partial charge in [-0.1, -0.05) is 37.0 Å². The molecule has 0 spiro atoms. The van der Waals surface area contributed by atoms with E-state index < -0.39 is 0 Å². The second-order valence-electron chi connectivity index (χ2n) is 6.38. The number of anilines is 2. The Morgan fingerprint density at radius 2 is 1.65 bits per heavy atom. The van der Waals surface area contributed by atoms with Gasteiger partial charge in [-0.2, -0.15) is 0 Å². The van der Waals surface area contributed by atoms with Gasteiger partial charge in [0.25, 0.3) is 5.91 Å². The number of amides is 1. The third-order valence-electron chi connectivity index (χ3n) is 4.40. The van der Waals surface area contributed by atoms with Crippen molar-refractivity contribution in [1.29, 1.82) is 0 Å². The zero-order valence-electron chi connectivity index (χ0n) is 13.6. The van der Waals surface area contributed by atoms with Crippen LogP contribution in [-0.2, 0) is 0 Å². The van der Waals surface area contributed by atoms with E-state index in [9.17, 15) is 4.79 Å². The van der Waals surface area contributed by atoms with Crippen molar-refractivity contribution in [2.45, 2.75) is 45.1 Å². The first-order valence-electron chi connectivity index (χ1n) is 8.45. The zero-order valence-corrected chi connectivity index (χ0v) is 13.6. The van der Waals surface area contributed by atoms with E-state index >= 15 is 0 Å². The van der Waals surface area contributed by atoms with E-state index in [-0.39, 0.29) is 5.91 Å². The highest BCUT2D eigenvalue weighted by molar-refractivity contribution is 6.04. The Morgan fingerprint density at radius 3 is 2.35 bits per heavy atom. The summed E-state index contributed by atoms with van der Waals surface area (Å²) >= 11 is 0. The van der Waals surface area contributed by atoms with Gasteiger partial charge in [-0.3, -0.25) is 4.79 Å². The molecule has 1 amide bonds. The molecule has 0 saturated heterocycles. The van der Waals surface area contributed by atoms with Gasteiger partial charge in [0, 0.05) is 23.0 Å². The molecule has 0 atom stereocenters. The summed E-state index contributed by atoms with van der Waals surface area (Å²) in [5, 5.41) is 6.54. The van der Waals surface area contributed by atoms with Crippen LogP contribution in [0.4, 0.5) is 11.4 Å². The molecule has 0 aliphatic heterocycles. The first-order valence-corrected chi connectivity index (χ1v) is 8.45. The van der Waals surface area contributed by atoms with Crippen molar-refractivity contribution in [2.24, 2.45) is 0 Å². The van der Waals surface area contributed by atoms with E-state index in [4.69, 9.17) is 0 Å². The minimum atomic E-state index is -0.0679. The SMILES string of the molecule is Cc1cccc(C(=O)Nc2ccc(NC3CCCCC3)cc2)c1. The van der Waals surface area contributed by atoms with Crippen molar-refractivity contribution in [2.75, 3.05) is 10.6 Å². The summed E-state index contributed by atoms with van der Waals surface area (Å²) < 4.78 is 0. The van der Waals surface area contributed by atoms with Crippen LogP contribution in [0.1, 0.15) is 48.0 Å². The van der Waals surface area contributed by atoms with Gasteiger partial charge >= 0.3 is 0 Å². The predicted octanol–water partition coefficient (Wildman–Crippen LogP) is 4.99. The topological polar surface area (TPSA) is 41.1 Å². The number of hydrogen-bond donors (Lipinski definition) is 2. The molecule has 23 heavy (non-hydrogen) atoms. The lowest BCUT2D eigenvalue weighted by molar-refractivity contribution is 0.102. The maximum absolute atomic E-state index is 12.2. The van der Waals surface area contributed by atoms with Gasteiger partial charge in [0.2, 0.25) is 0 Å². The Labute approximate surface area is 138 Å². The van der Waals surface area contributed by atoms with E-state index in [1.807, 2.05) is 55.5 Å². The Hall–Kier alpha value is -2.29. The average molecular weight is 308 g/mol. The summed E-state index contributed by atoms with van der Waals surface area (Å²) in [5.74, 6) is -0.0679. The first-order chi connectivity index (χ1) is 11.2. The van der Waals surface area contributed by atoms with Crippen molar-refractivity contribution in [3.05, 3.63) is 59.7 Å². The molecule has 2 N–H and O–H groups in total. The summed E-state index contributed by atoms with van der Waals surface area (Å²) in [6.45, 7) is 1.99. The standard InChI is InChI=1S/C20H24N2O/c1-15-6-5-7-16(14-15)20(23)22-19-12-10-18(11-13-19)21-17-8-3-2-4-9-17/h5-7,10-14,17,21H,2-4,8-9H2,1H3,(H,22,23). The largest absolute Gasteiger partial charge is 0.382 e. The Morgan fingerprint density at radius 1 is 0.957 bits per heavy atom. The van der Waals surface area contributed by atoms with Crippen LogP contribution in [0.2, 0.25) is 0 Å². The highest BCUT2D eigenvalue weighted by Gasteiger charge is 2.12. The van der Waals surface area contributed by atoms with Gasteiger partial charge in [0.05, 0.1) is 0 Å². The number of benzene rings is 2. The molecule has 0 bridgehead atoms. The van der Waals surface area contributed by atoms with Crippen molar-refractivity contribution >= 4 is 17.3 Å². The fraction of sp³-hybridized carbons (Fsp3) is 0.350. The van der Waals surface area contributed by atoms with E-state index in [2.05, 4.69) is 10.6 Å². The summed E-state index contributed by atoms with van der Waals surface area (Å²) in [6.07, 6.45) is 6.52. The van der Waals surface area contributed by atoms with Gasteiger partial charge in [-0.25, -0.2) is 0 Å². The number of rotatable bonds is 4. The molecule has 3 nitrogen and oxygen atoms in total. The fourth-order valence-electron chi connectivity index (χ4n) is 3.12. The van der Waals surface area contributed by atoms with Crippen LogP contribution >= 0.6 is 0 Å². The fourth-order valence-corrected chi connectivity index (χ4v) is 3.12. The summed E-state index contributed by atoms with van der Waals surface area (Å²) in [5.41, 5.74) is 3.73. The van der Waals surface area contributed by atoms with Crippen molar-refractivity contribution in [3.8, 4) is 0 Å². The Balaban J connectivity index is 1.59. The van der Waals surface area contributed by atoms with Gasteiger partial charge in [-0.15, -0.1) is 0 Å². The van der Waals surface area contributed by atoms with Crippen LogP contribution in [-0.4, -0.2) is 11.9 Å². The van der Waals surface area contributed by atoms with E-state index in [0.717, 1.165) is 16.9 Å². The predicted molar refractivity (Wildman–Crippen MR) is 96.1 cm³/mol. The molecule has 2 aromatic carbocycles. The molecular formula is C20H24N2O. The van der Waals surface area contributed by atoms with Crippen LogP contribution in [0.15, 0.2) is 48.5 Å². The number of nitrogens with one attached hydrogen (secondary N) is 2. The lowest BCUT2D eigenvalue weighted by Gasteiger charge is -2.23. The van der Waals surface area contributed by atoms with Crippen LogP contribution < -0.4 is 10.6 Å². The minimum Gasteiger partial charge on any atom is -0.382 e. The summed E-state index contributed by atoms with van der Waals surface area (Å²) in [7, 11) is 0. The maximum Gasteiger partial charge on any atom is 0.255 e. The van der Waals surface area contributed by atoms with E-state index in [1.54, 1.807) is 0 Å². The molecule has 1 fully saturated rings. The van der Waals surface area contributed by atoms with Crippen LogP contribution in [0, 0.1) is 6.92 Å². The normalized spacial score (nSPS) is 15.2. The molecule has 120 valence electrons. The molecule has 0 unspecified atom stereocenters. The van der Waals surface area contributed by atoms with Crippen LogP contribution in [0.3, 0.4) is 0 Å². The van der Waals surface area contributed by atoms with E-state index in [0.29, 0.717) is 11.6 Å². The smallest absolute Gasteiger partial charge is 0.255 e. The van der Waals surface area contributed by atoms with Gasteiger partial charge in [0.15, 0.2) is 0 Å². The molecule has 0 heterocycles. The molecule has 0 aromatic heterocycles. The highest BCUT2D eigenvalue weighted by atomic mass is 16.1. The lowest BCUT2D eigenvalue weighted by atomic mass is 9.95. The Bertz CT molecular complexity index is 658. The Kier molecular flexibility index (Phi) is 4.96. The molecule has 0 radical (unpaired) electrons. The van der Waals surface area contributed by atoms with Gasteiger partial charge < -0.3 is 10.6 Å². The van der Waals surface area contributed by atoms with Gasteiger partial charge in [0.1, 0.15) is 0 Å².